The smallest absolute Gasteiger partial charge is 0.0640 e. The SMILES string of the molecule is CNC(Cc1ccn(C2CCCC2)n1)CC1CCSCC1. The van der Waals surface area contributed by atoms with E-state index in [-0.39, 0.29) is 0 Å². The Bertz CT molecular complexity index is 419. The van der Waals surface area contributed by atoms with Crippen LogP contribution in [0.25, 0.3) is 0 Å². The quantitative estimate of drug-likeness (QED) is 0.870. The fourth-order valence-electron chi connectivity index (χ4n) is 3.80. The molecule has 4 heteroatoms. The molecule has 1 atom stereocenters. The first-order valence-corrected chi connectivity index (χ1v) is 9.79. The highest BCUT2D eigenvalue weighted by Crippen LogP contribution is 2.29. The Hall–Kier alpha value is -0.480. The van der Waals surface area contributed by atoms with Crippen LogP contribution >= 0.6 is 11.8 Å². The van der Waals surface area contributed by atoms with Gasteiger partial charge in [0.2, 0.25) is 0 Å². The zero-order valence-corrected chi connectivity index (χ0v) is 14.1. The minimum atomic E-state index is 0.588. The molecule has 2 fully saturated rings. The lowest BCUT2D eigenvalue weighted by Crippen LogP contribution is -2.31. The molecule has 3 rings (SSSR count). The number of hydrogen-bond donors (Lipinski definition) is 1. The molecule has 1 saturated heterocycles. The van der Waals surface area contributed by atoms with E-state index in [0.717, 1.165) is 12.3 Å². The molecule has 2 heterocycles. The molecule has 2 aliphatic rings. The van der Waals surface area contributed by atoms with Gasteiger partial charge in [0.1, 0.15) is 0 Å². The van der Waals surface area contributed by atoms with Crippen LogP contribution in [0.4, 0.5) is 0 Å². The summed E-state index contributed by atoms with van der Waals surface area (Å²) in [5, 5.41) is 8.37. The molecule has 0 aromatic carbocycles. The standard InChI is InChI=1S/C17H29N3S/c1-18-16(12-14-7-10-21-11-8-14)13-15-6-9-20(19-15)17-4-2-3-5-17/h6,9,14,16-18H,2-5,7-8,10-13H2,1H3. The second-order valence-corrected chi connectivity index (χ2v) is 7.93. The first-order valence-electron chi connectivity index (χ1n) is 8.64. The summed E-state index contributed by atoms with van der Waals surface area (Å²) in [7, 11) is 2.11. The van der Waals surface area contributed by atoms with Crippen molar-refractivity contribution in [1.82, 2.24) is 15.1 Å². The summed E-state index contributed by atoms with van der Waals surface area (Å²) < 4.78 is 2.23. The number of hydrogen-bond acceptors (Lipinski definition) is 3. The van der Waals surface area contributed by atoms with Crippen LogP contribution in [-0.4, -0.2) is 34.4 Å². The van der Waals surface area contributed by atoms with E-state index < -0.39 is 0 Å². The van der Waals surface area contributed by atoms with Crippen molar-refractivity contribution in [2.45, 2.75) is 63.5 Å². The van der Waals surface area contributed by atoms with Gasteiger partial charge < -0.3 is 5.32 Å². The summed E-state index contributed by atoms with van der Waals surface area (Å²) in [6.45, 7) is 0. The van der Waals surface area contributed by atoms with Crippen molar-refractivity contribution in [3.63, 3.8) is 0 Å². The van der Waals surface area contributed by atoms with Gasteiger partial charge in [0.25, 0.3) is 0 Å². The molecule has 1 aromatic heterocycles. The molecule has 0 amide bonds. The average Bonchev–Trinajstić information content (AvgIpc) is 3.18. The molecular weight excluding hydrogens is 278 g/mol. The van der Waals surface area contributed by atoms with Crippen LogP contribution in [0, 0.1) is 5.92 Å². The normalized spacial score (nSPS) is 22.7. The van der Waals surface area contributed by atoms with Crippen LogP contribution in [0.3, 0.4) is 0 Å². The molecule has 1 aliphatic heterocycles. The Labute approximate surface area is 133 Å². The maximum atomic E-state index is 4.85. The number of thioether (sulfide) groups is 1. The van der Waals surface area contributed by atoms with Gasteiger partial charge in [-0.15, -0.1) is 0 Å². The topological polar surface area (TPSA) is 29.9 Å². The lowest BCUT2D eigenvalue weighted by atomic mass is 9.92. The zero-order valence-electron chi connectivity index (χ0n) is 13.3. The molecule has 1 unspecified atom stereocenters. The number of aromatic nitrogens is 2. The summed E-state index contributed by atoms with van der Waals surface area (Å²) in [4.78, 5) is 0. The van der Waals surface area contributed by atoms with Crippen molar-refractivity contribution in [3.05, 3.63) is 18.0 Å². The minimum Gasteiger partial charge on any atom is -0.317 e. The van der Waals surface area contributed by atoms with Crippen LogP contribution in [0.2, 0.25) is 0 Å². The first-order chi connectivity index (χ1) is 10.3. The predicted octanol–water partition coefficient (Wildman–Crippen LogP) is 3.66. The Morgan fingerprint density at radius 1 is 1.29 bits per heavy atom. The van der Waals surface area contributed by atoms with E-state index in [1.807, 2.05) is 0 Å². The first kappa shape index (κ1) is 15.4. The van der Waals surface area contributed by atoms with Crippen molar-refractivity contribution < 1.29 is 0 Å². The maximum absolute atomic E-state index is 4.85. The molecule has 3 nitrogen and oxygen atoms in total. The third-order valence-corrected chi connectivity index (χ3v) is 6.23. The summed E-state index contributed by atoms with van der Waals surface area (Å²) in [5.41, 5.74) is 1.27. The lowest BCUT2D eigenvalue weighted by molar-refractivity contribution is 0.372. The monoisotopic (exact) mass is 307 g/mol. The molecule has 21 heavy (non-hydrogen) atoms. The van der Waals surface area contributed by atoms with Crippen molar-refractivity contribution in [1.29, 1.82) is 0 Å². The second kappa shape index (κ2) is 7.68. The molecule has 118 valence electrons. The molecular formula is C17H29N3S. The molecule has 0 radical (unpaired) electrons. The Balaban J connectivity index is 1.53. The number of likely N-dealkylation sites (N-methyl/N-ethyl adjacent to an activating group) is 1. The van der Waals surface area contributed by atoms with Crippen LogP contribution in [0.15, 0.2) is 12.3 Å². The van der Waals surface area contributed by atoms with Gasteiger partial charge in [-0.1, -0.05) is 12.8 Å². The molecule has 1 saturated carbocycles. The van der Waals surface area contributed by atoms with E-state index in [9.17, 15) is 0 Å². The van der Waals surface area contributed by atoms with Crippen LogP contribution in [0.1, 0.15) is 56.7 Å². The van der Waals surface area contributed by atoms with Crippen LogP contribution in [-0.2, 0) is 6.42 Å². The maximum Gasteiger partial charge on any atom is 0.0640 e. The average molecular weight is 308 g/mol. The fourth-order valence-corrected chi connectivity index (χ4v) is 5.00. The molecule has 0 spiro atoms. The van der Waals surface area contributed by atoms with Crippen molar-refractivity contribution >= 4 is 11.8 Å². The van der Waals surface area contributed by atoms with Crippen molar-refractivity contribution in [2.24, 2.45) is 5.92 Å². The highest BCUT2D eigenvalue weighted by molar-refractivity contribution is 7.99. The summed E-state index contributed by atoms with van der Waals surface area (Å²) in [6, 6.07) is 3.49. The molecule has 1 aromatic rings. The van der Waals surface area contributed by atoms with Crippen molar-refractivity contribution in [2.75, 3.05) is 18.6 Å². The molecule has 0 bridgehead atoms. The predicted molar refractivity (Wildman–Crippen MR) is 90.9 cm³/mol. The van der Waals surface area contributed by atoms with Gasteiger partial charge >= 0.3 is 0 Å². The number of nitrogens with one attached hydrogen (secondary N) is 1. The van der Waals surface area contributed by atoms with E-state index in [2.05, 4.69) is 41.1 Å². The molecule has 1 N–H and O–H groups in total. The van der Waals surface area contributed by atoms with Crippen LogP contribution in [0.5, 0.6) is 0 Å². The van der Waals surface area contributed by atoms with Gasteiger partial charge in [0, 0.05) is 18.7 Å². The largest absolute Gasteiger partial charge is 0.317 e. The van der Waals surface area contributed by atoms with Gasteiger partial charge in [-0.25, -0.2) is 0 Å². The number of rotatable bonds is 6. The van der Waals surface area contributed by atoms with E-state index in [1.54, 1.807) is 0 Å². The lowest BCUT2D eigenvalue weighted by Gasteiger charge is -2.25. The van der Waals surface area contributed by atoms with Crippen molar-refractivity contribution in [3.8, 4) is 0 Å². The zero-order chi connectivity index (χ0) is 14.5. The van der Waals surface area contributed by atoms with Gasteiger partial charge in [-0.05, 0) is 62.6 Å². The fraction of sp³-hybridized carbons (Fsp3) is 0.824. The third kappa shape index (κ3) is 4.26. The summed E-state index contributed by atoms with van der Waals surface area (Å²) >= 11 is 2.12. The van der Waals surface area contributed by atoms with E-state index in [4.69, 9.17) is 5.10 Å². The van der Waals surface area contributed by atoms with Crippen LogP contribution < -0.4 is 5.32 Å². The van der Waals surface area contributed by atoms with Gasteiger partial charge in [-0.2, -0.15) is 16.9 Å². The minimum absolute atomic E-state index is 0.588. The Kier molecular flexibility index (Phi) is 5.64. The third-order valence-electron chi connectivity index (χ3n) is 5.18. The highest BCUT2D eigenvalue weighted by atomic mass is 32.2. The number of nitrogens with zero attached hydrogens (tertiary/aromatic N) is 2. The van der Waals surface area contributed by atoms with Gasteiger partial charge in [-0.3, -0.25) is 4.68 Å². The Morgan fingerprint density at radius 3 is 2.76 bits per heavy atom. The summed E-state index contributed by atoms with van der Waals surface area (Å²) in [6.07, 6.45) is 12.8. The van der Waals surface area contributed by atoms with Gasteiger partial charge in [0.15, 0.2) is 0 Å². The Morgan fingerprint density at radius 2 is 2.05 bits per heavy atom. The van der Waals surface area contributed by atoms with E-state index in [0.29, 0.717) is 12.1 Å². The second-order valence-electron chi connectivity index (χ2n) is 6.71. The highest BCUT2D eigenvalue weighted by Gasteiger charge is 2.21. The summed E-state index contributed by atoms with van der Waals surface area (Å²) in [5.74, 6) is 3.63. The van der Waals surface area contributed by atoms with Gasteiger partial charge in [0.05, 0.1) is 11.7 Å². The van der Waals surface area contributed by atoms with E-state index >= 15 is 0 Å². The molecule has 1 aliphatic carbocycles. The van der Waals surface area contributed by atoms with E-state index in [1.165, 1.54) is 62.1 Å².